The molecule has 2 fully saturated rings. The van der Waals surface area contributed by atoms with E-state index in [9.17, 15) is 0 Å². The number of likely N-dealkylation sites (N-methyl/N-ethyl adjacent to an activating group) is 1. The number of nitrogens with one attached hydrogen (secondary N) is 1. The lowest BCUT2D eigenvalue weighted by atomic mass is 9.71. The van der Waals surface area contributed by atoms with E-state index in [2.05, 4.69) is 29.3 Å². The number of hydrogen-bond acceptors (Lipinski definition) is 2. The fourth-order valence-electron chi connectivity index (χ4n) is 3.38. The van der Waals surface area contributed by atoms with Gasteiger partial charge in [-0.25, -0.2) is 0 Å². The summed E-state index contributed by atoms with van der Waals surface area (Å²) >= 11 is 0. The monoisotopic (exact) mass is 220 g/mol. The van der Waals surface area contributed by atoms with Crippen LogP contribution in [0.15, 0.2) is 12.2 Å². The van der Waals surface area contributed by atoms with Crippen molar-refractivity contribution in [3.8, 4) is 0 Å². The lowest BCUT2D eigenvalue weighted by Gasteiger charge is -2.41. The van der Waals surface area contributed by atoms with Gasteiger partial charge < -0.3 is 5.32 Å². The Morgan fingerprint density at radius 1 is 1.38 bits per heavy atom. The first-order valence-electron chi connectivity index (χ1n) is 7.02. The minimum absolute atomic E-state index is 0.793. The lowest BCUT2D eigenvalue weighted by molar-refractivity contribution is 0.156. The maximum atomic E-state index is 3.75. The third-order valence-electron chi connectivity index (χ3n) is 4.64. The first-order valence-corrected chi connectivity index (χ1v) is 7.02. The van der Waals surface area contributed by atoms with E-state index >= 15 is 0 Å². The van der Waals surface area contributed by atoms with Gasteiger partial charge in [0.25, 0.3) is 0 Å². The fourth-order valence-corrected chi connectivity index (χ4v) is 3.38. The molecule has 0 bridgehead atoms. The zero-order valence-electron chi connectivity index (χ0n) is 10.4. The molecular weight excluding hydrogens is 196 g/mol. The maximum absolute atomic E-state index is 3.75. The Hall–Kier alpha value is -0.340. The van der Waals surface area contributed by atoms with E-state index in [1.807, 2.05) is 0 Å². The van der Waals surface area contributed by atoms with Crippen LogP contribution in [0.1, 0.15) is 32.6 Å². The van der Waals surface area contributed by atoms with Crippen LogP contribution in [-0.2, 0) is 0 Å². The van der Waals surface area contributed by atoms with Gasteiger partial charge in [0, 0.05) is 25.2 Å². The highest BCUT2D eigenvalue weighted by molar-refractivity contribution is 5.12. The van der Waals surface area contributed by atoms with Crippen LogP contribution in [0.3, 0.4) is 0 Å². The van der Waals surface area contributed by atoms with Gasteiger partial charge in [0.15, 0.2) is 0 Å². The van der Waals surface area contributed by atoms with E-state index in [0.717, 1.165) is 23.9 Å². The van der Waals surface area contributed by atoms with Gasteiger partial charge in [0.2, 0.25) is 0 Å². The second kappa shape index (κ2) is 4.50. The van der Waals surface area contributed by atoms with E-state index in [0.29, 0.717) is 0 Å². The van der Waals surface area contributed by atoms with Crippen molar-refractivity contribution in [1.29, 1.82) is 0 Å². The summed E-state index contributed by atoms with van der Waals surface area (Å²) < 4.78 is 0. The topological polar surface area (TPSA) is 15.3 Å². The van der Waals surface area contributed by atoms with Gasteiger partial charge >= 0.3 is 0 Å². The molecule has 0 spiro atoms. The van der Waals surface area contributed by atoms with Crippen molar-refractivity contribution in [2.24, 2.45) is 11.8 Å². The Morgan fingerprint density at radius 3 is 2.94 bits per heavy atom. The standard InChI is InChI=1S/C14H24N2/c1-2-16(12-6-7-12)9-8-15-14-10-11-4-3-5-13(11)14/h3,5,11-15H,2,4,6-10H2,1H3. The molecular formula is C14H24N2. The van der Waals surface area contributed by atoms with Crippen molar-refractivity contribution in [2.75, 3.05) is 19.6 Å². The average Bonchev–Trinajstić information content (AvgIpc) is 3.03. The van der Waals surface area contributed by atoms with Crippen LogP contribution in [0.4, 0.5) is 0 Å². The van der Waals surface area contributed by atoms with Crippen LogP contribution in [0.25, 0.3) is 0 Å². The summed E-state index contributed by atoms with van der Waals surface area (Å²) in [5.41, 5.74) is 0. The second-order valence-corrected chi connectivity index (χ2v) is 5.66. The van der Waals surface area contributed by atoms with Gasteiger partial charge in [-0.1, -0.05) is 19.1 Å². The van der Waals surface area contributed by atoms with Crippen LogP contribution in [0.2, 0.25) is 0 Å². The molecule has 1 N–H and O–H groups in total. The third-order valence-corrected chi connectivity index (χ3v) is 4.64. The molecule has 3 rings (SSSR count). The molecule has 0 saturated heterocycles. The Kier molecular flexibility index (Phi) is 3.03. The maximum Gasteiger partial charge on any atom is 0.0136 e. The zero-order valence-corrected chi connectivity index (χ0v) is 10.4. The first-order chi connectivity index (χ1) is 7.88. The van der Waals surface area contributed by atoms with Crippen molar-refractivity contribution in [1.82, 2.24) is 10.2 Å². The summed E-state index contributed by atoms with van der Waals surface area (Å²) in [6.45, 7) is 5.95. The van der Waals surface area contributed by atoms with E-state index in [-0.39, 0.29) is 0 Å². The Bertz CT molecular complexity index is 270. The molecule has 2 saturated carbocycles. The summed E-state index contributed by atoms with van der Waals surface area (Å²) in [6.07, 6.45) is 10.4. The highest BCUT2D eigenvalue weighted by Crippen LogP contribution is 2.42. The molecule has 0 radical (unpaired) electrons. The quantitative estimate of drug-likeness (QED) is 0.689. The van der Waals surface area contributed by atoms with Gasteiger partial charge in [-0.05, 0) is 44.1 Å². The lowest BCUT2D eigenvalue weighted by Crippen LogP contribution is -2.50. The molecule has 90 valence electrons. The van der Waals surface area contributed by atoms with Gasteiger partial charge in [-0.15, -0.1) is 0 Å². The number of nitrogens with zero attached hydrogens (tertiary/aromatic N) is 1. The predicted octanol–water partition coefficient (Wildman–Crippen LogP) is 2.02. The highest BCUT2D eigenvalue weighted by Gasteiger charge is 2.40. The normalized spacial score (nSPS) is 36.5. The Balaban J connectivity index is 1.35. The molecule has 3 aliphatic carbocycles. The third kappa shape index (κ3) is 2.05. The number of hydrogen-bond donors (Lipinski definition) is 1. The summed E-state index contributed by atoms with van der Waals surface area (Å²) in [5.74, 6) is 1.86. The minimum atomic E-state index is 0.793. The molecule has 0 amide bonds. The second-order valence-electron chi connectivity index (χ2n) is 5.66. The van der Waals surface area contributed by atoms with Crippen molar-refractivity contribution < 1.29 is 0 Å². The molecule has 0 aromatic heterocycles. The Morgan fingerprint density at radius 2 is 2.25 bits per heavy atom. The Labute approximate surface area is 99.1 Å². The first kappa shape index (κ1) is 10.8. The number of fused-ring (bicyclic) bond motifs is 1. The molecule has 3 unspecified atom stereocenters. The van der Waals surface area contributed by atoms with Gasteiger partial charge in [-0.3, -0.25) is 4.90 Å². The zero-order chi connectivity index (χ0) is 11.0. The molecule has 16 heavy (non-hydrogen) atoms. The summed E-state index contributed by atoms with van der Waals surface area (Å²) in [6, 6.07) is 1.72. The van der Waals surface area contributed by atoms with Crippen LogP contribution in [0, 0.1) is 11.8 Å². The van der Waals surface area contributed by atoms with Crippen LogP contribution in [0.5, 0.6) is 0 Å². The average molecular weight is 220 g/mol. The van der Waals surface area contributed by atoms with Gasteiger partial charge in [0.1, 0.15) is 0 Å². The number of allylic oxidation sites excluding steroid dienone is 1. The SMILES string of the molecule is CCN(CCNC1CC2CC=CC21)C1CC1. The molecule has 0 aliphatic heterocycles. The van der Waals surface area contributed by atoms with Crippen LogP contribution < -0.4 is 5.32 Å². The smallest absolute Gasteiger partial charge is 0.0136 e. The van der Waals surface area contributed by atoms with E-state index < -0.39 is 0 Å². The van der Waals surface area contributed by atoms with Crippen molar-refractivity contribution in [3.63, 3.8) is 0 Å². The fraction of sp³-hybridized carbons (Fsp3) is 0.857. The largest absolute Gasteiger partial charge is 0.312 e. The van der Waals surface area contributed by atoms with E-state index in [4.69, 9.17) is 0 Å². The molecule has 2 heteroatoms. The summed E-state index contributed by atoms with van der Waals surface area (Å²) in [7, 11) is 0. The van der Waals surface area contributed by atoms with Crippen molar-refractivity contribution in [2.45, 2.75) is 44.7 Å². The van der Waals surface area contributed by atoms with Crippen LogP contribution >= 0.6 is 0 Å². The van der Waals surface area contributed by atoms with E-state index in [1.165, 1.54) is 45.3 Å². The summed E-state index contributed by atoms with van der Waals surface area (Å²) in [4.78, 5) is 2.63. The molecule has 0 aromatic rings. The molecule has 0 heterocycles. The van der Waals surface area contributed by atoms with Gasteiger partial charge in [-0.2, -0.15) is 0 Å². The minimum Gasteiger partial charge on any atom is -0.312 e. The highest BCUT2D eigenvalue weighted by atomic mass is 15.2. The van der Waals surface area contributed by atoms with E-state index in [1.54, 1.807) is 0 Å². The van der Waals surface area contributed by atoms with Gasteiger partial charge in [0.05, 0.1) is 0 Å². The van der Waals surface area contributed by atoms with Crippen LogP contribution in [-0.4, -0.2) is 36.6 Å². The van der Waals surface area contributed by atoms with Crippen molar-refractivity contribution >= 4 is 0 Å². The molecule has 2 nitrogen and oxygen atoms in total. The summed E-state index contributed by atoms with van der Waals surface area (Å²) in [5, 5.41) is 3.75. The van der Waals surface area contributed by atoms with Crippen molar-refractivity contribution in [3.05, 3.63) is 12.2 Å². The molecule has 0 aromatic carbocycles. The molecule has 3 atom stereocenters. The predicted molar refractivity (Wildman–Crippen MR) is 67.4 cm³/mol. The number of rotatable bonds is 6. The molecule has 3 aliphatic rings.